The lowest BCUT2D eigenvalue weighted by Crippen LogP contribution is -2.30. The van der Waals surface area contributed by atoms with Crippen LogP contribution in [0, 0.1) is 0 Å². The van der Waals surface area contributed by atoms with Crippen LogP contribution in [0.5, 0.6) is 5.75 Å². The maximum absolute atomic E-state index is 11.8. The number of aromatic nitrogens is 2. The molecule has 1 heterocycles. The van der Waals surface area contributed by atoms with E-state index >= 15 is 0 Å². The van der Waals surface area contributed by atoms with Crippen molar-refractivity contribution >= 4 is 17.5 Å². The molecule has 25 heavy (non-hydrogen) atoms. The monoisotopic (exact) mass is 357 g/mol. The highest BCUT2D eigenvalue weighted by atomic mass is 35.5. The number of ether oxygens (including phenoxy) is 1. The van der Waals surface area contributed by atoms with Crippen LogP contribution in [-0.4, -0.2) is 29.3 Å². The summed E-state index contributed by atoms with van der Waals surface area (Å²) < 4.78 is 10.6. The van der Waals surface area contributed by atoms with Crippen LogP contribution in [0.1, 0.15) is 5.56 Å². The lowest BCUT2D eigenvalue weighted by molar-refractivity contribution is -0.123. The molecule has 0 aliphatic carbocycles. The lowest BCUT2D eigenvalue weighted by atomic mass is 10.1. The van der Waals surface area contributed by atoms with E-state index in [-0.39, 0.29) is 12.5 Å². The van der Waals surface area contributed by atoms with Crippen molar-refractivity contribution in [3.63, 3.8) is 0 Å². The lowest BCUT2D eigenvalue weighted by Gasteiger charge is -2.08. The number of carbonyl (C=O) groups is 1. The quantitative estimate of drug-likeness (QED) is 0.703. The highest BCUT2D eigenvalue weighted by molar-refractivity contribution is 6.30. The second-order valence-corrected chi connectivity index (χ2v) is 5.72. The third-order valence-electron chi connectivity index (χ3n) is 3.48. The largest absolute Gasteiger partial charge is 0.484 e. The Bertz CT molecular complexity index is 803. The minimum atomic E-state index is -0.171. The van der Waals surface area contributed by atoms with E-state index in [1.807, 2.05) is 24.3 Å². The van der Waals surface area contributed by atoms with Gasteiger partial charge in [0.15, 0.2) is 6.61 Å². The van der Waals surface area contributed by atoms with Gasteiger partial charge in [-0.1, -0.05) is 23.7 Å². The minimum Gasteiger partial charge on any atom is -0.484 e. The number of amides is 1. The standard InChI is InChI=1S/C18H16ClN3O3/c19-15-5-1-13(2-6-15)9-10-20-17(23)11-24-16-7-3-14(4-8-16)18-22-21-12-25-18/h1-8,12H,9-11H2,(H,20,23). The van der Waals surface area contributed by atoms with Crippen LogP contribution < -0.4 is 10.1 Å². The first-order valence-electron chi connectivity index (χ1n) is 7.71. The zero-order chi connectivity index (χ0) is 17.5. The second-order valence-electron chi connectivity index (χ2n) is 5.28. The van der Waals surface area contributed by atoms with Crippen LogP contribution in [0.4, 0.5) is 0 Å². The maximum Gasteiger partial charge on any atom is 0.257 e. The number of nitrogens with zero attached hydrogens (tertiary/aromatic N) is 2. The summed E-state index contributed by atoms with van der Waals surface area (Å²) >= 11 is 5.84. The first kappa shape index (κ1) is 17.0. The summed E-state index contributed by atoms with van der Waals surface area (Å²) in [6.45, 7) is 0.500. The van der Waals surface area contributed by atoms with Crippen molar-refractivity contribution in [2.24, 2.45) is 0 Å². The average molecular weight is 358 g/mol. The van der Waals surface area contributed by atoms with Crippen molar-refractivity contribution in [3.8, 4) is 17.2 Å². The van der Waals surface area contributed by atoms with Gasteiger partial charge in [-0.3, -0.25) is 4.79 Å². The SMILES string of the molecule is O=C(COc1ccc(-c2nnco2)cc1)NCCc1ccc(Cl)cc1. The van der Waals surface area contributed by atoms with Gasteiger partial charge in [-0.15, -0.1) is 10.2 Å². The third-order valence-corrected chi connectivity index (χ3v) is 3.73. The van der Waals surface area contributed by atoms with Crippen molar-refractivity contribution in [2.45, 2.75) is 6.42 Å². The van der Waals surface area contributed by atoms with Gasteiger partial charge in [-0.2, -0.15) is 0 Å². The van der Waals surface area contributed by atoms with Crippen LogP contribution in [0.2, 0.25) is 5.02 Å². The third kappa shape index (κ3) is 5.06. The number of rotatable bonds is 7. The molecule has 2 aromatic carbocycles. The van der Waals surface area contributed by atoms with Gasteiger partial charge in [-0.05, 0) is 48.4 Å². The molecule has 0 fully saturated rings. The molecule has 0 unspecified atom stereocenters. The number of carbonyl (C=O) groups excluding carboxylic acids is 1. The summed E-state index contributed by atoms with van der Waals surface area (Å²) in [5.41, 5.74) is 1.90. The Morgan fingerprint density at radius 1 is 1.12 bits per heavy atom. The van der Waals surface area contributed by atoms with Gasteiger partial charge in [0.1, 0.15) is 5.75 Å². The van der Waals surface area contributed by atoms with Crippen LogP contribution in [-0.2, 0) is 11.2 Å². The Morgan fingerprint density at radius 2 is 1.88 bits per heavy atom. The molecule has 7 heteroatoms. The van der Waals surface area contributed by atoms with Crippen LogP contribution >= 0.6 is 11.6 Å². The number of nitrogens with one attached hydrogen (secondary N) is 1. The first-order chi connectivity index (χ1) is 12.2. The van der Waals surface area contributed by atoms with Crippen molar-refractivity contribution in [3.05, 3.63) is 65.5 Å². The number of halogens is 1. The van der Waals surface area contributed by atoms with E-state index in [4.69, 9.17) is 20.8 Å². The number of benzene rings is 2. The Balaban J connectivity index is 1.40. The van der Waals surface area contributed by atoms with E-state index in [2.05, 4.69) is 15.5 Å². The number of hydrogen-bond donors (Lipinski definition) is 1. The van der Waals surface area contributed by atoms with Gasteiger partial charge in [0, 0.05) is 17.1 Å². The molecule has 1 aromatic heterocycles. The molecule has 0 saturated heterocycles. The average Bonchev–Trinajstić information content (AvgIpc) is 3.17. The van der Waals surface area contributed by atoms with Crippen LogP contribution in [0.25, 0.3) is 11.5 Å². The second kappa shape index (κ2) is 8.30. The van der Waals surface area contributed by atoms with Crippen molar-refractivity contribution in [1.29, 1.82) is 0 Å². The van der Waals surface area contributed by atoms with Gasteiger partial charge in [0.05, 0.1) is 0 Å². The predicted octanol–water partition coefficient (Wildman–Crippen LogP) is 3.13. The fourth-order valence-corrected chi connectivity index (χ4v) is 2.32. The van der Waals surface area contributed by atoms with E-state index in [1.165, 1.54) is 6.39 Å². The summed E-state index contributed by atoms with van der Waals surface area (Å²) in [7, 11) is 0. The van der Waals surface area contributed by atoms with E-state index < -0.39 is 0 Å². The normalized spacial score (nSPS) is 10.4. The fourth-order valence-electron chi connectivity index (χ4n) is 2.19. The molecular formula is C18H16ClN3O3. The molecule has 0 aliphatic heterocycles. The fraction of sp³-hybridized carbons (Fsp3) is 0.167. The molecular weight excluding hydrogens is 342 g/mol. The van der Waals surface area contributed by atoms with Gasteiger partial charge in [0.2, 0.25) is 12.3 Å². The predicted molar refractivity (Wildman–Crippen MR) is 93.4 cm³/mol. The van der Waals surface area contributed by atoms with Crippen LogP contribution in [0.3, 0.4) is 0 Å². The van der Waals surface area contributed by atoms with Crippen molar-refractivity contribution in [1.82, 2.24) is 15.5 Å². The summed E-state index contributed by atoms with van der Waals surface area (Å²) in [5.74, 6) is 0.859. The Morgan fingerprint density at radius 3 is 2.56 bits per heavy atom. The molecule has 6 nitrogen and oxygen atoms in total. The zero-order valence-electron chi connectivity index (χ0n) is 13.3. The van der Waals surface area contributed by atoms with Crippen molar-refractivity contribution < 1.29 is 13.9 Å². The molecule has 0 aliphatic rings. The minimum absolute atomic E-state index is 0.0411. The Labute approximate surface area is 149 Å². The summed E-state index contributed by atoms with van der Waals surface area (Å²) in [5, 5.41) is 11.0. The summed E-state index contributed by atoms with van der Waals surface area (Å²) in [6.07, 6.45) is 2.01. The molecule has 3 rings (SSSR count). The molecule has 128 valence electrons. The maximum atomic E-state index is 11.8. The van der Waals surface area contributed by atoms with Gasteiger partial charge in [-0.25, -0.2) is 0 Å². The molecule has 1 N–H and O–H groups in total. The van der Waals surface area contributed by atoms with E-state index in [0.717, 1.165) is 17.5 Å². The van der Waals surface area contributed by atoms with Gasteiger partial charge < -0.3 is 14.5 Å². The molecule has 0 spiro atoms. The van der Waals surface area contributed by atoms with Gasteiger partial charge in [0.25, 0.3) is 5.91 Å². The van der Waals surface area contributed by atoms with Gasteiger partial charge >= 0.3 is 0 Å². The molecule has 0 atom stereocenters. The van der Waals surface area contributed by atoms with E-state index in [0.29, 0.717) is 23.2 Å². The van der Waals surface area contributed by atoms with Crippen LogP contribution in [0.15, 0.2) is 59.3 Å². The highest BCUT2D eigenvalue weighted by Crippen LogP contribution is 2.20. The smallest absolute Gasteiger partial charge is 0.257 e. The van der Waals surface area contributed by atoms with E-state index in [9.17, 15) is 4.79 Å². The Kier molecular flexibility index (Phi) is 5.64. The summed E-state index contributed by atoms with van der Waals surface area (Å²) in [6, 6.07) is 14.6. The van der Waals surface area contributed by atoms with E-state index in [1.54, 1.807) is 24.3 Å². The highest BCUT2D eigenvalue weighted by Gasteiger charge is 2.05. The van der Waals surface area contributed by atoms with Crippen molar-refractivity contribution in [2.75, 3.05) is 13.2 Å². The molecule has 0 radical (unpaired) electrons. The molecule has 3 aromatic rings. The molecule has 0 saturated carbocycles. The summed E-state index contributed by atoms with van der Waals surface area (Å²) in [4.78, 5) is 11.8. The number of hydrogen-bond acceptors (Lipinski definition) is 5. The molecule has 1 amide bonds. The Hall–Kier alpha value is -2.86. The zero-order valence-corrected chi connectivity index (χ0v) is 14.1. The molecule has 0 bridgehead atoms. The topological polar surface area (TPSA) is 77.2 Å². The first-order valence-corrected chi connectivity index (χ1v) is 8.09.